The molecule has 0 saturated heterocycles. The van der Waals surface area contributed by atoms with Gasteiger partial charge in [-0.15, -0.1) is 0 Å². The second-order valence-corrected chi connectivity index (χ2v) is 3.05. The number of Topliss-reactive ketones (excluding diaryl/α,β-unsaturated/α-hetero) is 1. The molecule has 0 radical (unpaired) electrons. The molecule has 1 heterocycles. The minimum absolute atomic E-state index is 0.274. The summed E-state index contributed by atoms with van der Waals surface area (Å²) in [6, 6.07) is 1.47. The van der Waals surface area contributed by atoms with Crippen LogP contribution in [-0.4, -0.2) is 16.9 Å². The molecule has 1 aromatic heterocycles. The molecule has 0 aliphatic rings. The second kappa shape index (κ2) is 4.40. The highest BCUT2D eigenvalue weighted by molar-refractivity contribution is 5.94. The first-order valence-corrected chi connectivity index (χ1v) is 4.27. The number of amides is 1. The van der Waals surface area contributed by atoms with Crippen molar-refractivity contribution in [2.24, 2.45) is 5.73 Å². The summed E-state index contributed by atoms with van der Waals surface area (Å²) in [5.74, 6) is -1.29. The molecule has 17 heavy (non-hydrogen) atoms. The van der Waals surface area contributed by atoms with Crippen molar-refractivity contribution in [1.82, 2.24) is 4.98 Å². The predicted octanol–water partition coefficient (Wildman–Crippen LogP) is 1.76. The van der Waals surface area contributed by atoms with Gasteiger partial charge in [-0.05, 0) is 13.0 Å². The lowest BCUT2D eigenvalue weighted by Crippen LogP contribution is -2.19. The third-order valence-electron chi connectivity index (χ3n) is 1.70. The number of nitrogens with zero attached hydrogens (tertiary/aromatic N) is 1. The lowest BCUT2D eigenvalue weighted by Gasteiger charge is -2.09. The van der Waals surface area contributed by atoms with Crippen LogP contribution in [0.15, 0.2) is 12.1 Å². The molecule has 0 saturated carbocycles. The molecule has 0 atom stereocenters. The molecular formula is C9H7F3N2O3. The Hall–Kier alpha value is -2.12. The lowest BCUT2D eigenvalue weighted by molar-refractivity contribution is -0.141. The van der Waals surface area contributed by atoms with Crippen molar-refractivity contribution in [3.63, 3.8) is 0 Å². The number of pyridine rings is 1. The normalized spacial score (nSPS) is 11.1. The summed E-state index contributed by atoms with van der Waals surface area (Å²) in [7, 11) is 0. The van der Waals surface area contributed by atoms with E-state index in [0.717, 1.165) is 13.0 Å². The van der Waals surface area contributed by atoms with Crippen LogP contribution in [0.25, 0.3) is 0 Å². The highest BCUT2D eigenvalue weighted by Crippen LogP contribution is 2.30. The van der Waals surface area contributed by atoms with Crippen LogP contribution in [0.3, 0.4) is 0 Å². The fourth-order valence-corrected chi connectivity index (χ4v) is 1.01. The van der Waals surface area contributed by atoms with Crippen LogP contribution in [0.2, 0.25) is 0 Å². The number of nitrogens with two attached hydrogens (primary N) is 1. The number of primary amides is 1. The Morgan fingerprint density at radius 1 is 1.35 bits per heavy atom. The van der Waals surface area contributed by atoms with E-state index in [1.54, 1.807) is 0 Å². The third-order valence-corrected chi connectivity index (χ3v) is 1.70. The highest BCUT2D eigenvalue weighted by atomic mass is 19.4. The van der Waals surface area contributed by atoms with E-state index in [9.17, 15) is 22.8 Å². The molecule has 1 rings (SSSR count). The quantitative estimate of drug-likeness (QED) is 0.808. The van der Waals surface area contributed by atoms with Crippen molar-refractivity contribution in [2.75, 3.05) is 0 Å². The van der Waals surface area contributed by atoms with Gasteiger partial charge in [-0.1, -0.05) is 0 Å². The van der Waals surface area contributed by atoms with Gasteiger partial charge in [0.1, 0.15) is 5.69 Å². The Labute approximate surface area is 93.4 Å². The van der Waals surface area contributed by atoms with Crippen molar-refractivity contribution in [1.29, 1.82) is 0 Å². The summed E-state index contributed by atoms with van der Waals surface area (Å²) in [6.07, 6.45) is -6.06. The lowest BCUT2D eigenvalue weighted by atomic mass is 10.1. The van der Waals surface area contributed by atoms with Gasteiger partial charge in [-0.25, -0.2) is 9.78 Å². The zero-order valence-electron chi connectivity index (χ0n) is 8.54. The van der Waals surface area contributed by atoms with Gasteiger partial charge in [0.05, 0.1) is 0 Å². The molecule has 2 N–H and O–H groups in total. The molecule has 0 spiro atoms. The maximum Gasteiger partial charge on any atom is 0.433 e. The van der Waals surface area contributed by atoms with Crippen molar-refractivity contribution in [2.45, 2.75) is 13.1 Å². The number of hydrogen-bond acceptors (Lipinski definition) is 4. The van der Waals surface area contributed by atoms with Gasteiger partial charge in [0.15, 0.2) is 5.78 Å². The SMILES string of the molecule is CC(=O)c1cc(OC(N)=O)nc(C(F)(F)F)c1. The average molecular weight is 248 g/mol. The molecule has 0 unspecified atom stereocenters. The van der Waals surface area contributed by atoms with Gasteiger partial charge in [0, 0.05) is 11.6 Å². The Bertz CT molecular complexity index is 471. The van der Waals surface area contributed by atoms with Crippen molar-refractivity contribution in [3.05, 3.63) is 23.4 Å². The van der Waals surface area contributed by atoms with Crippen LogP contribution < -0.4 is 10.5 Å². The number of aromatic nitrogens is 1. The van der Waals surface area contributed by atoms with E-state index >= 15 is 0 Å². The Kier molecular flexibility index (Phi) is 3.35. The molecule has 8 heteroatoms. The number of rotatable bonds is 2. The van der Waals surface area contributed by atoms with Gasteiger partial charge in [-0.3, -0.25) is 4.79 Å². The van der Waals surface area contributed by atoms with E-state index in [0.29, 0.717) is 6.07 Å². The topological polar surface area (TPSA) is 82.3 Å². The molecule has 0 fully saturated rings. The van der Waals surface area contributed by atoms with Crippen molar-refractivity contribution < 1.29 is 27.5 Å². The summed E-state index contributed by atoms with van der Waals surface area (Å²) in [6.45, 7) is 1.07. The Morgan fingerprint density at radius 2 is 1.94 bits per heavy atom. The van der Waals surface area contributed by atoms with Crippen LogP contribution in [0.5, 0.6) is 5.88 Å². The van der Waals surface area contributed by atoms with Crippen LogP contribution in [0, 0.1) is 0 Å². The monoisotopic (exact) mass is 248 g/mol. The van der Waals surface area contributed by atoms with Gasteiger partial charge in [0.2, 0.25) is 5.88 Å². The van der Waals surface area contributed by atoms with Crippen LogP contribution in [0.1, 0.15) is 23.0 Å². The molecule has 0 bridgehead atoms. The predicted molar refractivity (Wildman–Crippen MR) is 49.5 cm³/mol. The zero-order valence-corrected chi connectivity index (χ0v) is 8.54. The number of alkyl halides is 3. The number of carbonyl (C=O) groups excluding carboxylic acids is 2. The number of ketones is 1. The molecular weight excluding hydrogens is 241 g/mol. The summed E-state index contributed by atoms with van der Waals surface area (Å²) in [4.78, 5) is 24.4. The van der Waals surface area contributed by atoms with E-state index in [2.05, 4.69) is 15.5 Å². The fourth-order valence-electron chi connectivity index (χ4n) is 1.01. The average Bonchev–Trinajstić information content (AvgIpc) is 2.14. The summed E-state index contributed by atoms with van der Waals surface area (Å²) in [5.41, 5.74) is 3.04. The molecule has 1 aromatic rings. The molecule has 0 aromatic carbocycles. The Morgan fingerprint density at radius 3 is 2.35 bits per heavy atom. The van der Waals surface area contributed by atoms with E-state index in [-0.39, 0.29) is 5.56 Å². The largest absolute Gasteiger partial charge is 0.433 e. The smallest absolute Gasteiger partial charge is 0.391 e. The molecule has 0 aliphatic heterocycles. The van der Waals surface area contributed by atoms with Crippen molar-refractivity contribution >= 4 is 11.9 Å². The summed E-state index contributed by atoms with van der Waals surface area (Å²) >= 11 is 0. The van der Waals surface area contributed by atoms with E-state index in [4.69, 9.17) is 0 Å². The van der Waals surface area contributed by atoms with E-state index in [1.165, 1.54) is 0 Å². The first-order valence-electron chi connectivity index (χ1n) is 4.27. The number of ether oxygens (including phenoxy) is 1. The number of hydrogen-bond donors (Lipinski definition) is 1. The molecule has 92 valence electrons. The van der Waals surface area contributed by atoms with E-state index < -0.39 is 29.6 Å². The maximum absolute atomic E-state index is 12.4. The fraction of sp³-hybridized carbons (Fsp3) is 0.222. The maximum atomic E-state index is 12.4. The first-order chi connectivity index (χ1) is 7.70. The summed E-state index contributed by atoms with van der Waals surface area (Å²) in [5, 5.41) is 0. The second-order valence-electron chi connectivity index (χ2n) is 3.05. The van der Waals surface area contributed by atoms with Gasteiger partial charge < -0.3 is 10.5 Å². The Balaban J connectivity index is 3.28. The molecule has 0 aliphatic carbocycles. The highest BCUT2D eigenvalue weighted by Gasteiger charge is 2.34. The van der Waals surface area contributed by atoms with Crippen LogP contribution in [-0.2, 0) is 6.18 Å². The number of carbonyl (C=O) groups is 2. The zero-order chi connectivity index (χ0) is 13.2. The minimum atomic E-state index is -4.75. The van der Waals surface area contributed by atoms with Gasteiger partial charge in [0.25, 0.3) is 0 Å². The van der Waals surface area contributed by atoms with Gasteiger partial charge in [-0.2, -0.15) is 13.2 Å². The summed E-state index contributed by atoms with van der Waals surface area (Å²) < 4.78 is 41.4. The first kappa shape index (κ1) is 12.9. The molecule has 1 amide bonds. The van der Waals surface area contributed by atoms with E-state index in [1.807, 2.05) is 0 Å². The van der Waals surface area contributed by atoms with Crippen LogP contribution in [0.4, 0.5) is 18.0 Å². The molecule has 5 nitrogen and oxygen atoms in total. The minimum Gasteiger partial charge on any atom is -0.391 e. The number of halogens is 3. The van der Waals surface area contributed by atoms with Crippen LogP contribution >= 0.6 is 0 Å². The standard InChI is InChI=1S/C9H7F3N2O3/c1-4(15)5-2-6(9(10,11)12)14-7(3-5)17-8(13)16/h2-3H,1H3,(H2,13,16). The third kappa shape index (κ3) is 3.44. The van der Waals surface area contributed by atoms with Gasteiger partial charge >= 0.3 is 12.3 Å². The van der Waals surface area contributed by atoms with Crippen molar-refractivity contribution in [3.8, 4) is 5.88 Å².